The van der Waals surface area contributed by atoms with Crippen molar-refractivity contribution in [1.29, 1.82) is 0 Å². The Bertz CT molecular complexity index is 990. The number of nitrogens with zero attached hydrogens (tertiary/aromatic N) is 3. The number of rotatable bonds is 7. The minimum Gasteiger partial charge on any atom is -0.410 e. The van der Waals surface area contributed by atoms with Gasteiger partial charge in [-0.05, 0) is 24.1 Å². The largest absolute Gasteiger partial charge is 0.410 e. The van der Waals surface area contributed by atoms with Crippen molar-refractivity contribution in [3.63, 3.8) is 0 Å². The van der Waals surface area contributed by atoms with Crippen LogP contribution in [0.3, 0.4) is 0 Å². The molecule has 0 spiro atoms. The highest BCUT2D eigenvalue weighted by Gasteiger charge is 2.34. The van der Waals surface area contributed by atoms with Crippen molar-refractivity contribution < 1.29 is 19.6 Å². The van der Waals surface area contributed by atoms with E-state index in [1.54, 1.807) is 42.3 Å². The monoisotopic (exact) mass is 457 g/mol. The Labute approximate surface area is 176 Å². The molecule has 0 saturated heterocycles. The first-order valence-electron chi connectivity index (χ1n) is 9.04. The summed E-state index contributed by atoms with van der Waals surface area (Å²) in [6.07, 6.45) is 1.19. The van der Waals surface area contributed by atoms with Crippen LogP contribution in [0.5, 0.6) is 0 Å². The SMILES string of the molecule is CN(CCCN1C(=O)/C(=N/O)c2ccc(CBr)cc21)C(=O)c1ccccc1C=O. The first kappa shape index (κ1) is 20.7. The number of oxime groups is 1. The van der Waals surface area contributed by atoms with E-state index in [2.05, 4.69) is 21.1 Å². The Kier molecular flexibility index (Phi) is 6.43. The average molecular weight is 458 g/mol. The second-order valence-electron chi connectivity index (χ2n) is 6.68. The smallest absolute Gasteiger partial charge is 0.281 e. The van der Waals surface area contributed by atoms with E-state index in [4.69, 9.17) is 0 Å². The Hall–Kier alpha value is -3.00. The molecule has 2 aromatic carbocycles. The third-order valence-electron chi connectivity index (χ3n) is 4.85. The molecule has 0 unspecified atom stereocenters. The molecule has 2 amide bonds. The van der Waals surface area contributed by atoms with Crippen LogP contribution in [0, 0.1) is 0 Å². The van der Waals surface area contributed by atoms with Crippen LogP contribution in [-0.4, -0.2) is 54.1 Å². The quantitative estimate of drug-likeness (QED) is 0.299. The zero-order chi connectivity index (χ0) is 21.0. The second-order valence-corrected chi connectivity index (χ2v) is 7.24. The van der Waals surface area contributed by atoms with E-state index >= 15 is 0 Å². The molecule has 0 aromatic heterocycles. The molecule has 0 saturated carbocycles. The molecule has 29 heavy (non-hydrogen) atoms. The number of alkyl halides is 1. The van der Waals surface area contributed by atoms with Crippen molar-refractivity contribution in [2.75, 3.05) is 25.0 Å². The number of aldehydes is 1. The molecule has 1 aliphatic heterocycles. The van der Waals surface area contributed by atoms with Gasteiger partial charge < -0.3 is 15.0 Å². The van der Waals surface area contributed by atoms with Crippen LogP contribution in [-0.2, 0) is 10.1 Å². The molecule has 150 valence electrons. The topological polar surface area (TPSA) is 90.3 Å². The summed E-state index contributed by atoms with van der Waals surface area (Å²) in [7, 11) is 1.66. The van der Waals surface area contributed by atoms with E-state index in [0.717, 1.165) is 5.56 Å². The summed E-state index contributed by atoms with van der Waals surface area (Å²) in [6, 6.07) is 12.2. The summed E-state index contributed by atoms with van der Waals surface area (Å²) < 4.78 is 0. The Morgan fingerprint density at radius 1 is 1.28 bits per heavy atom. The number of fused-ring (bicyclic) bond motifs is 1. The molecule has 8 heteroatoms. The summed E-state index contributed by atoms with van der Waals surface area (Å²) in [5, 5.41) is 13.0. The van der Waals surface area contributed by atoms with Gasteiger partial charge in [0.1, 0.15) is 0 Å². The van der Waals surface area contributed by atoms with Crippen LogP contribution < -0.4 is 4.90 Å². The Morgan fingerprint density at radius 2 is 2.03 bits per heavy atom. The summed E-state index contributed by atoms with van der Waals surface area (Å²) in [4.78, 5) is 39.5. The fraction of sp³-hybridized carbons (Fsp3) is 0.238. The molecule has 1 N–H and O–H groups in total. The van der Waals surface area contributed by atoms with Gasteiger partial charge in [0.2, 0.25) is 0 Å². The van der Waals surface area contributed by atoms with E-state index in [-0.39, 0.29) is 17.5 Å². The van der Waals surface area contributed by atoms with Crippen molar-refractivity contribution in [2.24, 2.45) is 5.16 Å². The minimum atomic E-state index is -0.366. The second kappa shape index (κ2) is 9.00. The van der Waals surface area contributed by atoms with Crippen LogP contribution in [0.1, 0.15) is 38.3 Å². The van der Waals surface area contributed by atoms with Gasteiger partial charge in [0.25, 0.3) is 11.8 Å². The van der Waals surface area contributed by atoms with Crippen molar-refractivity contribution in [3.05, 3.63) is 64.7 Å². The molecule has 0 atom stereocenters. The molecule has 0 aliphatic carbocycles. The number of halogens is 1. The van der Waals surface area contributed by atoms with Gasteiger partial charge in [0, 0.05) is 36.6 Å². The number of carbonyl (C=O) groups is 3. The predicted molar refractivity (Wildman–Crippen MR) is 113 cm³/mol. The van der Waals surface area contributed by atoms with Gasteiger partial charge in [0.15, 0.2) is 12.0 Å². The molecule has 2 aromatic rings. The molecular formula is C21H20BrN3O4. The number of carbonyl (C=O) groups excluding carboxylic acids is 3. The Morgan fingerprint density at radius 3 is 2.72 bits per heavy atom. The lowest BCUT2D eigenvalue weighted by molar-refractivity contribution is -0.112. The Balaban J connectivity index is 1.70. The first-order valence-corrected chi connectivity index (χ1v) is 10.2. The summed E-state index contributed by atoms with van der Waals surface area (Å²) in [6.45, 7) is 0.762. The van der Waals surface area contributed by atoms with Crippen LogP contribution >= 0.6 is 15.9 Å². The third-order valence-corrected chi connectivity index (χ3v) is 5.50. The van der Waals surface area contributed by atoms with Gasteiger partial charge in [-0.3, -0.25) is 14.4 Å². The van der Waals surface area contributed by atoms with E-state index in [0.29, 0.717) is 53.5 Å². The molecule has 0 bridgehead atoms. The summed E-state index contributed by atoms with van der Waals surface area (Å²) in [5.74, 6) is -0.616. The molecule has 3 rings (SSSR count). The van der Waals surface area contributed by atoms with Gasteiger partial charge in [-0.2, -0.15) is 0 Å². The van der Waals surface area contributed by atoms with Gasteiger partial charge in [-0.25, -0.2) is 0 Å². The van der Waals surface area contributed by atoms with Crippen LogP contribution in [0.4, 0.5) is 5.69 Å². The minimum absolute atomic E-state index is 0.0189. The maximum absolute atomic E-state index is 12.6. The molecule has 1 heterocycles. The molecule has 7 nitrogen and oxygen atoms in total. The van der Waals surface area contributed by atoms with E-state index < -0.39 is 0 Å². The third kappa shape index (κ3) is 4.07. The van der Waals surface area contributed by atoms with Crippen molar-refractivity contribution in [2.45, 2.75) is 11.8 Å². The first-order chi connectivity index (χ1) is 14.0. The lowest BCUT2D eigenvalue weighted by Crippen LogP contribution is -2.34. The maximum Gasteiger partial charge on any atom is 0.281 e. The van der Waals surface area contributed by atoms with Crippen LogP contribution in [0.2, 0.25) is 0 Å². The molecule has 0 radical (unpaired) electrons. The lowest BCUT2D eigenvalue weighted by Gasteiger charge is -2.21. The number of hydrogen-bond acceptors (Lipinski definition) is 5. The summed E-state index contributed by atoms with van der Waals surface area (Å²) in [5.41, 5.74) is 3.00. The maximum atomic E-state index is 12.6. The number of anilines is 1. The summed E-state index contributed by atoms with van der Waals surface area (Å²) >= 11 is 3.40. The molecular weight excluding hydrogens is 438 g/mol. The number of benzene rings is 2. The van der Waals surface area contributed by atoms with Gasteiger partial charge in [-0.1, -0.05) is 51.4 Å². The molecule has 0 fully saturated rings. The van der Waals surface area contributed by atoms with Crippen LogP contribution in [0.25, 0.3) is 0 Å². The number of amides is 2. The van der Waals surface area contributed by atoms with E-state index in [1.807, 2.05) is 12.1 Å². The zero-order valence-corrected chi connectivity index (χ0v) is 17.4. The van der Waals surface area contributed by atoms with Crippen molar-refractivity contribution in [1.82, 2.24) is 4.90 Å². The van der Waals surface area contributed by atoms with E-state index in [9.17, 15) is 19.6 Å². The van der Waals surface area contributed by atoms with Crippen molar-refractivity contribution >= 4 is 45.4 Å². The van der Waals surface area contributed by atoms with E-state index in [1.165, 1.54) is 4.90 Å². The van der Waals surface area contributed by atoms with Gasteiger partial charge in [0.05, 0.1) is 11.3 Å². The average Bonchev–Trinajstić information content (AvgIpc) is 3.02. The lowest BCUT2D eigenvalue weighted by atomic mass is 10.1. The van der Waals surface area contributed by atoms with Crippen LogP contribution in [0.15, 0.2) is 47.6 Å². The highest BCUT2D eigenvalue weighted by Crippen LogP contribution is 2.31. The van der Waals surface area contributed by atoms with Gasteiger partial charge in [-0.15, -0.1) is 0 Å². The fourth-order valence-electron chi connectivity index (χ4n) is 3.32. The number of hydrogen-bond donors (Lipinski definition) is 1. The fourth-order valence-corrected chi connectivity index (χ4v) is 3.67. The predicted octanol–water partition coefficient (Wildman–Crippen LogP) is 3.08. The highest BCUT2D eigenvalue weighted by atomic mass is 79.9. The molecule has 1 aliphatic rings. The normalized spacial score (nSPS) is 14.2. The zero-order valence-electron chi connectivity index (χ0n) is 15.8. The highest BCUT2D eigenvalue weighted by molar-refractivity contribution is 9.08. The van der Waals surface area contributed by atoms with Crippen molar-refractivity contribution in [3.8, 4) is 0 Å². The standard InChI is InChI=1S/C21H20BrN3O4/c1-24(20(27)16-6-3-2-5-15(16)13-26)9-4-10-25-18-11-14(12-22)7-8-17(18)19(23-29)21(25)28/h2-3,5-8,11,13,29H,4,9-10,12H2,1H3/b23-19+. The van der Waals surface area contributed by atoms with Gasteiger partial charge >= 0.3 is 0 Å².